The van der Waals surface area contributed by atoms with E-state index in [1.54, 1.807) is 32.1 Å². The van der Waals surface area contributed by atoms with Gasteiger partial charge in [-0.2, -0.15) is 0 Å². The third-order valence-electron chi connectivity index (χ3n) is 7.00. The highest BCUT2D eigenvalue weighted by atomic mass is 14.7. The smallest absolute Gasteiger partial charge is 0.00173 e. The lowest BCUT2D eigenvalue weighted by atomic mass is 9.39. The zero-order chi connectivity index (χ0) is 12.5. The molecule has 102 valence electrons. The quantitative estimate of drug-likeness (QED) is 0.788. The molecule has 0 heterocycles. The van der Waals surface area contributed by atoms with E-state index in [0.717, 1.165) is 36.1 Å². The molecule has 0 spiro atoms. The molecule has 5 saturated carbocycles. The maximum atomic E-state index is 6.27. The molecule has 1 heteroatoms. The van der Waals surface area contributed by atoms with Gasteiger partial charge in [-0.25, -0.2) is 0 Å². The molecule has 5 rings (SSSR count). The minimum Gasteiger partial charge on any atom is -0.330 e. The van der Waals surface area contributed by atoms with Crippen LogP contribution in [0.15, 0.2) is 0 Å². The first-order valence-corrected chi connectivity index (χ1v) is 8.21. The van der Waals surface area contributed by atoms with E-state index >= 15 is 0 Å². The number of hydrogen-bond acceptors (Lipinski definition) is 1. The van der Waals surface area contributed by atoms with Crippen LogP contribution in [0.2, 0.25) is 0 Å². The SMILES string of the molecule is CC1(C)CC(CN)(C2C3CC4CC(C3)CC2C4)C1. The molecule has 0 saturated heterocycles. The molecule has 2 N–H and O–H groups in total. The molecule has 0 aliphatic heterocycles. The van der Waals surface area contributed by atoms with E-state index in [1.807, 2.05) is 0 Å². The topological polar surface area (TPSA) is 26.0 Å². The minimum atomic E-state index is 0.548. The maximum Gasteiger partial charge on any atom is -0.00173 e. The van der Waals surface area contributed by atoms with Crippen molar-refractivity contribution in [1.29, 1.82) is 0 Å². The van der Waals surface area contributed by atoms with Crippen LogP contribution in [0.3, 0.4) is 0 Å². The van der Waals surface area contributed by atoms with Crippen LogP contribution in [0, 0.1) is 40.4 Å². The predicted octanol–water partition coefficient (Wildman–Crippen LogP) is 3.82. The summed E-state index contributed by atoms with van der Waals surface area (Å²) in [5, 5.41) is 0. The summed E-state index contributed by atoms with van der Waals surface area (Å²) in [6, 6.07) is 0. The zero-order valence-corrected chi connectivity index (χ0v) is 12.1. The predicted molar refractivity (Wildman–Crippen MR) is 75.0 cm³/mol. The lowest BCUT2D eigenvalue weighted by Crippen LogP contribution is -2.60. The first-order chi connectivity index (χ1) is 8.51. The van der Waals surface area contributed by atoms with E-state index in [9.17, 15) is 0 Å². The van der Waals surface area contributed by atoms with E-state index in [2.05, 4.69) is 13.8 Å². The standard InChI is InChI=1S/C17H29N/c1-16(2)8-17(9-16,10-18)15-13-4-11-3-12(6-13)7-14(15)5-11/h11-15H,3-10,18H2,1-2H3. The Hall–Kier alpha value is -0.0400. The van der Waals surface area contributed by atoms with Gasteiger partial charge in [-0.05, 0) is 91.9 Å². The van der Waals surface area contributed by atoms with Gasteiger partial charge in [-0.3, -0.25) is 0 Å². The van der Waals surface area contributed by atoms with Crippen molar-refractivity contribution in [1.82, 2.24) is 0 Å². The molecule has 0 aromatic heterocycles. The second-order valence-corrected chi connectivity index (χ2v) is 9.04. The molecular formula is C17H29N. The van der Waals surface area contributed by atoms with Gasteiger partial charge < -0.3 is 5.73 Å². The van der Waals surface area contributed by atoms with Crippen molar-refractivity contribution >= 4 is 0 Å². The van der Waals surface area contributed by atoms with Gasteiger partial charge in [-0.15, -0.1) is 0 Å². The van der Waals surface area contributed by atoms with Crippen molar-refractivity contribution in [3.05, 3.63) is 0 Å². The van der Waals surface area contributed by atoms with Crippen molar-refractivity contribution in [3.63, 3.8) is 0 Å². The largest absolute Gasteiger partial charge is 0.330 e. The summed E-state index contributed by atoms with van der Waals surface area (Å²) in [5.41, 5.74) is 7.39. The number of hydrogen-bond donors (Lipinski definition) is 1. The van der Waals surface area contributed by atoms with Gasteiger partial charge in [0, 0.05) is 0 Å². The summed E-state index contributed by atoms with van der Waals surface area (Å²) >= 11 is 0. The Kier molecular flexibility index (Phi) is 2.31. The monoisotopic (exact) mass is 247 g/mol. The fourth-order valence-electron chi connectivity index (χ4n) is 7.30. The molecule has 0 atom stereocenters. The van der Waals surface area contributed by atoms with Crippen molar-refractivity contribution in [3.8, 4) is 0 Å². The van der Waals surface area contributed by atoms with E-state index in [-0.39, 0.29) is 0 Å². The Bertz CT molecular complexity index is 321. The summed E-state index contributed by atoms with van der Waals surface area (Å²) in [7, 11) is 0. The molecular weight excluding hydrogens is 218 g/mol. The van der Waals surface area contributed by atoms with Gasteiger partial charge in [0.2, 0.25) is 0 Å². The molecule has 18 heavy (non-hydrogen) atoms. The second-order valence-electron chi connectivity index (χ2n) is 9.04. The lowest BCUT2D eigenvalue weighted by molar-refractivity contribution is -0.158. The zero-order valence-electron chi connectivity index (χ0n) is 12.1. The average Bonchev–Trinajstić information content (AvgIpc) is 2.24. The Morgan fingerprint density at radius 3 is 1.78 bits per heavy atom. The highest BCUT2D eigenvalue weighted by Gasteiger charge is 2.60. The van der Waals surface area contributed by atoms with E-state index < -0.39 is 0 Å². The van der Waals surface area contributed by atoms with Crippen LogP contribution in [0.4, 0.5) is 0 Å². The van der Waals surface area contributed by atoms with E-state index in [4.69, 9.17) is 5.73 Å². The van der Waals surface area contributed by atoms with Crippen LogP contribution in [0.5, 0.6) is 0 Å². The third kappa shape index (κ3) is 1.49. The van der Waals surface area contributed by atoms with Crippen LogP contribution in [-0.2, 0) is 0 Å². The molecule has 0 unspecified atom stereocenters. The normalized spacial score (nSPS) is 51.2. The van der Waals surface area contributed by atoms with Crippen LogP contribution >= 0.6 is 0 Å². The molecule has 0 radical (unpaired) electrons. The van der Waals surface area contributed by atoms with Crippen molar-refractivity contribution < 1.29 is 0 Å². The van der Waals surface area contributed by atoms with Gasteiger partial charge in [0.25, 0.3) is 0 Å². The first kappa shape index (κ1) is 11.8. The minimum absolute atomic E-state index is 0.548. The van der Waals surface area contributed by atoms with Crippen molar-refractivity contribution in [2.75, 3.05) is 6.54 Å². The van der Waals surface area contributed by atoms with Crippen LogP contribution in [0.1, 0.15) is 58.8 Å². The summed E-state index contributed by atoms with van der Waals surface area (Å²) < 4.78 is 0. The Morgan fingerprint density at radius 2 is 1.39 bits per heavy atom. The first-order valence-electron chi connectivity index (χ1n) is 8.21. The van der Waals surface area contributed by atoms with E-state index in [1.165, 1.54) is 12.8 Å². The maximum absolute atomic E-state index is 6.27. The average molecular weight is 247 g/mol. The highest BCUT2D eigenvalue weighted by Crippen LogP contribution is 2.68. The van der Waals surface area contributed by atoms with Crippen LogP contribution < -0.4 is 5.73 Å². The van der Waals surface area contributed by atoms with Crippen LogP contribution in [0.25, 0.3) is 0 Å². The highest BCUT2D eigenvalue weighted by molar-refractivity contribution is 5.10. The van der Waals surface area contributed by atoms with Gasteiger partial charge in [0.05, 0.1) is 0 Å². The Labute approximate surface area is 112 Å². The molecule has 5 fully saturated rings. The van der Waals surface area contributed by atoms with Gasteiger partial charge >= 0.3 is 0 Å². The third-order valence-corrected chi connectivity index (χ3v) is 7.00. The molecule has 5 aliphatic rings. The lowest BCUT2D eigenvalue weighted by Gasteiger charge is -2.66. The molecule has 0 aromatic rings. The molecule has 0 amide bonds. The molecule has 4 bridgehead atoms. The van der Waals surface area contributed by atoms with Crippen molar-refractivity contribution in [2.45, 2.75) is 58.8 Å². The summed E-state index contributed by atoms with van der Waals surface area (Å²) in [4.78, 5) is 0. The van der Waals surface area contributed by atoms with Gasteiger partial charge in [0.15, 0.2) is 0 Å². The summed E-state index contributed by atoms with van der Waals surface area (Å²) in [6.45, 7) is 5.84. The van der Waals surface area contributed by atoms with Gasteiger partial charge in [-0.1, -0.05) is 13.8 Å². The summed E-state index contributed by atoms with van der Waals surface area (Å²) in [5.74, 6) is 5.32. The van der Waals surface area contributed by atoms with E-state index in [0.29, 0.717) is 10.8 Å². The fourth-order valence-corrected chi connectivity index (χ4v) is 7.30. The fraction of sp³-hybridized carbons (Fsp3) is 1.00. The molecule has 1 nitrogen and oxygen atoms in total. The molecule has 5 aliphatic carbocycles. The second kappa shape index (κ2) is 3.53. The van der Waals surface area contributed by atoms with Crippen molar-refractivity contribution in [2.24, 2.45) is 46.2 Å². The Morgan fingerprint density at radius 1 is 0.889 bits per heavy atom. The summed E-state index contributed by atoms with van der Waals surface area (Å²) in [6.07, 6.45) is 10.6. The number of nitrogens with two attached hydrogens (primary N) is 1. The molecule has 0 aromatic carbocycles. The van der Waals surface area contributed by atoms with Gasteiger partial charge in [0.1, 0.15) is 0 Å². The Balaban J connectivity index is 1.61. The van der Waals surface area contributed by atoms with Crippen LogP contribution in [-0.4, -0.2) is 6.54 Å². The number of rotatable bonds is 2.